The van der Waals surface area contributed by atoms with Gasteiger partial charge in [0.2, 0.25) is 0 Å². The van der Waals surface area contributed by atoms with Crippen molar-refractivity contribution in [1.82, 2.24) is 19.7 Å². The molecule has 3 aromatic rings. The zero-order valence-corrected chi connectivity index (χ0v) is 21.1. The molecule has 0 radical (unpaired) electrons. The number of allylic oxidation sites excluding steroid dienone is 2. The first-order valence-electron chi connectivity index (χ1n) is 12.0. The van der Waals surface area contributed by atoms with Crippen LogP contribution in [0, 0.1) is 0 Å². The van der Waals surface area contributed by atoms with Crippen molar-refractivity contribution in [3.8, 4) is 5.69 Å². The van der Waals surface area contributed by atoms with E-state index < -0.39 is 11.9 Å². The summed E-state index contributed by atoms with van der Waals surface area (Å²) in [7, 11) is 2.08. The largest absolute Gasteiger partial charge is 0.433 e. The SMILES string of the molecule is C\C=N/C=C\C=C\c1cc(C(F)(F)F)n(-c2ccc(NC(=O)c3cccc(N4CCN(C)CC4)c3)nc2)n1. The van der Waals surface area contributed by atoms with E-state index in [1.165, 1.54) is 30.6 Å². The first-order valence-corrected chi connectivity index (χ1v) is 12.0. The summed E-state index contributed by atoms with van der Waals surface area (Å²) in [5, 5.41) is 6.77. The molecule has 1 aromatic carbocycles. The molecular formula is C27H28F3N7O. The lowest BCUT2D eigenvalue weighted by Crippen LogP contribution is -2.44. The number of hydrogen-bond acceptors (Lipinski definition) is 6. The monoisotopic (exact) mass is 523 g/mol. The highest BCUT2D eigenvalue weighted by Crippen LogP contribution is 2.32. The van der Waals surface area contributed by atoms with Gasteiger partial charge in [-0.15, -0.1) is 0 Å². The Morgan fingerprint density at radius 2 is 1.84 bits per heavy atom. The highest BCUT2D eigenvalue weighted by molar-refractivity contribution is 6.04. The third-order valence-electron chi connectivity index (χ3n) is 5.93. The number of rotatable bonds is 7. The predicted octanol–water partition coefficient (Wildman–Crippen LogP) is 4.91. The smallest absolute Gasteiger partial charge is 0.369 e. The maximum absolute atomic E-state index is 13.7. The molecule has 1 aliphatic rings. The zero-order chi connectivity index (χ0) is 27.1. The number of hydrogen-bond donors (Lipinski definition) is 1. The fourth-order valence-electron chi connectivity index (χ4n) is 3.90. The molecule has 1 N–H and O–H groups in total. The first-order chi connectivity index (χ1) is 18.2. The van der Waals surface area contributed by atoms with Gasteiger partial charge in [0.15, 0.2) is 0 Å². The van der Waals surface area contributed by atoms with Crippen LogP contribution in [0.4, 0.5) is 24.7 Å². The number of benzene rings is 1. The Morgan fingerprint density at radius 1 is 1.05 bits per heavy atom. The van der Waals surface area contributed by atoms with E-state index >= 15 is 0 Å². The lowest BCUT2D eigenvalue weighted by atomic mass is 10.1. The molecule has 0 spiro atoms. The van der Waals surface area contributed by atoms with Crippen LogP contribution in [0.15, 0.2) is 72.0 Å². The van der Waals surface area contributed by atoms with Gasteiger partial charge < -0.3 is 15.1 Å². The van der Waals surface area contributed by atoms with E-state index in [4.69, 9.17) is 0 Å². The van der Waals surface area contributed by atoms with Crippen LogP contribution in [0.2, 0.25) is 0 Å². The Morgan fingerprint density at radius 3 is 2.53 bits per heavy atom. The van der Waals surface area contributed by atoms with Crippen LogP contribution in [0.5, 0.6) is 0 Å². The fraction of sp³-hybridized carbons (Fsp3) is 0.259. The molecule has 0 bridgehead atoms. The highest BCUT2D eigenvalue weighted by Gasteiger charge is 2.36. The van der Waals surface area contributed by atoms with Crippen molar-refractivity contribution in [2.24, 2.45) is 4.99 Å². The number of carbonyl (C=O) groups is 1. The topological polar surface area (TPSA) is 78.7 Å². The van der Waals surface area contributed by atoms with E-state index in [2.05, 4.69) is 37.2 Å². The van der Waals surface area contributed by atoms with Gasteiger partial charge in [-0.1, -0.05) is 12.1 Å². The van der Waals surface area contributed by atoms with Crippen molar-refractivity contribution in [3.63, 3.8) is 0 Å². The van der Waals surface area contributed by atoms with E-state index in [0.29, 0.717) is 5.56 Å². The Hall–Kier alpha value is -4.25. The molecule has 2 aromatic heterocycles. The van der Waals surface area contributed by atoms with E-state index in [1.807, 2.05) is 18.2 Å². The average molecular weight is 524 g/mol. The molecule has 8 nitrogen and oxygen atoms in total. The summed E-state index contributed by atoms with van der Waals surface area (Å²) in [6.45, 7) is 5.39. The van der Waals surface area contributed by atoms with E-state index in [1.54, 1.807) is 31.4 Å². The first kappa shape index (κ1) is 26.8. The van der Waals surface area contributed by atoms with Crippen LogP contribution < -0.4 is 10.2 Å². The summed E-state index contributed by atoms with van der Waals surface area (Å²) in [4.78, 5) is 25.4. The van der Waals surface area contributed by atoms with Gasteiger partial charge in [-0.2, -0.15) is 18.3 Å². The van der Waals surface area contributed by atoms with Gasteiger partial charge in [-0.25, -0.2) is 9.67 Å². The second-order valence-electron chi connectivity index (χ2n) is 8.67. The quantitative estimate of drug-likeness (QED) is 0.352. The average Bonchev–Trinajstić information content (AvgIpc) is 3.34. The molecule has 0 saturated carbocycles. The molecule has 4 rings (SSSR count). The van der Waals surface area contributed by atoms with Crippen LogP contribution in [-0.4, -0.2) is 65.0 Å². The lowest BCUT2D eigenvalue weighted by Gasteiger charge is -2.34. The number of nitrogens with one attached hydrogen (secondary N) is 1. The van der Waals surface area contributed by atoms with Crippen molar-refractivity contribution in [2.75, 3.05) is 43.4 Å². The summed E-state index contributed by atoms with van der Waals surface area (Å²) >= 11 is 0. The molecule has 0 atom stereocenters. The third kappa shape index (κ3) is 6.74. The van der Waals surface area contributed by atoms with Gasteiger partial charge in [0.25, 0.3) is 5.91 Å². The van der Waals surface area contributed by atoms with Crippen molar-refractivity contribution in [3.05, 3.63) is 84.0 Å². The summed E-state index contributed by atoms with van der Waals surface area (Å²) in [5.74, 6) is -0.143. The van der Waals surface area contributed by atoms with Crippen LogP contribution in [-0.2, 0) is 6.18 Å². The van der Waals surface area contributed by atoms with Crippen LogP contribution >= 0.6 is 0 Å². The van der Waals surface area contributed by atoms with Gasteiger partial charge in [0.1, 0.15) is 11.5 Å². The van der Waals surface area contributed by atoms with Crippen molar-refractivity contribution in [2.45, 2.75) is 13.1 Å². The molecule has 0 unspecified atom stereocenters. The Bertz CT molecular complexity index is 1340. The number of halogens is 3. The maximum atomic E-state index is 13.7. The number of aromatic nitrogens is 3. The molecule has 3 heterocycles. The Balaban J connectivity index is 1.48. The van der Waals surface area contributed by atoms with Gasteiger partial charge in [-0.05, 0) is 62.5 Å². The zero-order valence-electron chi connectivity index (χ0n) is 21.1. The minimum absolute atomic E-state index is 0.109. The minimum Gasteiger partial charge on any atom is -0.369 e. The van der Waals surface area contributed by atoms with E-state index in [0.717, 1.165) is 42.6 Å². The number of carbonyl (C=O) groups excluding carboxylic acids is 1. The number of amides is 1. The van der Waals surface area contributed by atoms with Gasteiger partial charge in [-0.3, -0.25) is 9.79 Å². The molecule has 1 amide bonds. The normalized spacial score (nSPS) is 15.2. The maximum Gasteiger partial charge on any atom is 0.433 e. The summed E-state index contributed by atoms with van der Waals surface area (Å²) in [6, 6.07) is 11.2. The summed E-state index contributed by atoms with van der Waals surface area (Å²) in [5.41, 5.74) is 0.727. The number of nitrogens with zero attached hydrogens (tertiary/aromatic N) is 6. The van der Waals surface area contributed by atoms with Crippen molar-refractivity contribution < 1.29 is 18.0 Å². The van der Waals surface area contributed by atoms with Gasteiger partial charge >= 0.3 is 6.18 Å². The summed E-state index contributed by atoms with van der Waals surface area (Å²) < 4.78 is 41.8. The van der Waals surface area contributed by atoms with Gasteiger partial charge in [0, 0.05) is 49.8 Å². The molecule has 198 valence electrons. The Labute approximate surface area is 218 Å². The predicted molar refractivity (Wildman–Crippen MR) is 143 cm³/mol. The Kier molecular flexibility index (Phi) is 8.37. The lowest BCUT2D eigenvalue weighted by molar-refractivity contribution is -0.142. The standard InChI is InChI=1S/C27H28F3N7O/c1-3-31-12-5-4-8-21-18-24(27(28,29)30)37(34-21)23-10-11-25(32-19-23)33-26(38)20-7-6-9-22(17-20)36-15-13-35(2)14-16-36/h3-12,17-19H,13-16H2,1-2H3,(H,32,33,38)/b8-4+,12-5-,31-3-. The highest BCUT2D eigenvalue weighted by atomic mass is 19.4. The number of alkyl halides is 3. The fourth-order valence-corrected chi connectivity index (χ4v) is 3.90. The number of likely N-dealkylation sites (N-methyl/N-ethyl adjacent to an activating group) is 1. The third-order valence-corrected chi connectivity index (χ3v) is 5.93. The molecule has 1 fully saturated rings. The second-order valence-corrected chi connectivity index (χ2v) is 8.67. The molecular weight excluding hydrogens is 495 g/mol. The van der Waals surface area contributed by atoms with Crippen molar-refractivity contribution >= 4 is 29.7 Å². The van der Waals surface area contributed by atoms with Gasteiger partial charge in [0.05, 0.1) is 17.6 Å². The number of anilines is 2. The van der Waals surface area contributed by atoms with E-state index in [-0.39, 0.29) is 23.1 Å². The number of pyridine rings is 1. The molecule has 1 saturated heterocycles. The van der Waals surface area contributed by atoms with Crippen LogP contribution in [0.25, 0.3) is 11.8 Å². The van der Waals surface area contributed by atoms with E-state index in [9.17, 15) is 18.0 Å². The van der Waals surface area contributed by atoms with Crippen LogP contribution in [0.3, 0.4) is 0 Å². The van der Waals surface area contributed by atoms with Crippen LogP contribution in [0.1, 0.15) is 28.7 Å². The summed E-state index contributed by atoms with van der Waals surface area (Å²) in [6.07, 6.45) is 4.31. The molecule has 38 heavy (non-hydrogen) atoms. The molecule has 11 heteroatoms. The van der Waals surface area contributed by atoms with Crippen molar-refractivity contribution in [1.29, 1.82) is 0 Å². The second kappa shape index (κ2) is 11.9. The number of aliphatic imine (C=N–C) groups is 1. The number of piperazine rings is 1. The molecule has 0 aliphatic carbocycles. The molecule has 1 aliphatic heterocycles. The minimum atomic E-state index is -4.62.